The van der Waals surface area contributed by atoms with Crippen molar-refractivity contribution in [3.8, 4) is 11.1 Å². The third kappa shape index (κ3) is 5.14. The van der Waals surface area contributed by atoms with Gasteiger partial charge in [-0.3, -0.25) is 4.79 Å². The highest BCUT2D eigenvalue weighted by Gasteiger charge is 2.28. The molecule has 0 radical (unpaired) electrons. The zero-order valence-corrected chi connectivity index (χ0v) is 17.4. The van der Waals surface area contributed by atoms with E-state index in [1.165, 1.54) is 31.2 Å². The zero-order valence-electron chi connectivity index (χ0n) is 17.4. The van der Waals surface area contributed by atoms with Crippen LogP contribution in [0, 0.1) is 12.8 Å². The van der Waals surface area contributed by atoms with Gasteiger partial charge in [-0.05, 0) is 38.2 Å². The number of aryl methyl sites for hydroxylation is 1. The van der Waals surface area contributed by atoms with Crippen LogP contribution in [0.5, 0.6) is 0 Å². The van der Waals surface area contributed by atoms with Crippen molar-refractivity contribution < 1.29 is 4.79 Å². The third-order valence-electron chi connectivity index (χ3n) is 6.30. The van der Waals surface area contributed by atoms with E-state index >= 15 is 0 Å². The number of benzene rings is 1. The highest BCUT2D eigenvalue weighted by Crippen LogP contribution is 2.24. The Morgan fingerprint density at radius 1 is 0.931 bits per heavy atom. The van der Waals surface area contributed by atoms with Gasteiger partial charge in [-0.2, -0.15) is 0 Å². The molecule has 2 fully saturated rings. The molecule has 29 heavy (non-hydrogen) atoms. The Kier molecular flexibility index (Phi) is 6.43. The minimum atomic E-state index is 0.0346. The lowest BCUT2D eigenvalue weighted by Crippen LogP contribution is -2.46. The van der Waals surface area contributed by atoms with Crippen molar-refractivity contribution in [1.29, 1.82) is 0 Å². The Hall–Kier alpha value is -2.43. The van der Waals surface area contributed by atoms with Crippen molar-refractivity contribution in [2.75, 3.05) is 18.0 Å². The molecule has 1 amide bonds. The molecule has 1 aliphatic carbocycles. The molecule has 2 heterocycles. The number of carbonyl (C=O) groups excluding carboxylic acids is 1. The molecule has 5 nitrogen and oxygen atoms in total. The smallest absolute Gasteiger partial charge is 0.225 e. The Morgan fingerprint density at radius 2 is 1.62 bits per heavy atom. The van der Waals surface area contributed by atoms with Crippen LogP contribution in [-0.2, 0) is 4.79 Å². The van der Waals surface area contributed by atoms with E-state index in [1.54, 1.807) is 0 Å². The van der Waals surface area contributed by atoms with E-state index in [1.807, 2.05) is 12.4 Å². The lowest BCUT2D eigenvalue weighted by atomic mass is 9.96. The van der Waals surface area contributed by atoms with Gasteiger partial charge in [-0.25, -0.2) is 9.97 Å². The van der Waals surface area contributed by atoms with E-state index in [0.717, 1.165) is 49.3 Å². The SMILES string of the molecule is Cc1ccc(-c2cnc(N3CCCC(C(=O)NC4CCCCCC4)C3)nc2)cc1. The van der Waals surface area contributed by atoms with Crippen molar-refractivity contribution >= 4 is 11.9 Å². The van der Waals surface area contributed by atoms with Gasteiger partial charge in [-0.1, -0.05) is 55.5 Å². The number of aromatic nitrogens is 2. The monoisotopic (exact) mass is 392 g/mol. The second kappa shape index (κ2) is 9.38. The van der Waals surface area contributed by atoms with Gasteiger partial charge >= 0.3 is 0 Å². The summed E-state index contributed by atoms with van der Waals surface area (Å²) >= 11 is 0. The predicted molar refractivity (Wildman–Crippen MR) is 117 cm³/mol. The summed E-state index contributed by atoms with van der Waals surface area (Å²) in [5, 5.41) is 3.33. The summed E-state index contributed by atoms with van der Waals surface area (Å²) in [5.41, 5.74) is 3.39. The second-order valence-electron chi connectivity index (χ2n) is 8.62. The van der Waals surface area contributed by atoms with Crippen LogP contribution < -0.4 is 10.2 Å². The topological polar surface area (TPSA) is 58.1 Å². The highest BCUT2D eigenvalue weighted by molar-refractivity contribution is 5.79. The van der Waals surface area contributed by atoms with E-state index < -0.39 is 0 Å². The molecule has 154 valence electrons. The van der Waals surface area contributed by atoms with Crippen LogP contribution >= 0.6 is 0 Å². The van der Waals surface area contributed by atoms with E-state index in [0.29, 0.717) is 12.6 Å². The quantitative estimate of drug-likeness (QED) is 0.778. The van der Waals surface area contributed by atoms with Gasteiger partial charge in [-0.15, -0.1) is 0 Å². The number of hydrogen-bond acceptors (Lipinski definition) is 4. The van der Waals surface area contributed by atoms with Gasteiger partial charge in [0, 0.05) is 37.1 Å². The van der Waals surface area contributed by atoms with Crippen LogP contribution in [-0.4, -0.2) is 35.0 Å². The lowest BCUT2D eigenvalue weighted by Gasteiger charge is -2.33. The zero-order chi connectivity index (χ0) is 20.1. The average Bonchev–Trinajstić information content (AvgIpc) is 3.03. The summed E-state index contributed by atoms with van der Waals surface area (Å²) in [5.74, 6) is 0.984. The molecular weight excluding hydrogens is 360 g/mol. The fourth-order valence-electron chi connectivity index (χ4n) is 4.50. The molecule has 1 aromatic heterocycles. The molecule has 0 bridgehead atoms. The first kappa shape index (κ1) is 19.9. The van der Waals surface area contributed by atoms with Crippen LogP contribution in [0.4, 0.5) is 5.95 Å². The molecule has 1 aliphatic heterocycles. The number of carbonyl (C=O) groups is 1. The van der Waals surface area contributed by atoms with Crippen molar-refractivity contribution in [2.24, 2.45) is 5.92 Å². The van der Waals surface area contributed by atoms with Gasteiger partial charge < -0.3 is 10.2 Å². The molecule has 1 unspecified atom stereocenters. The normalized spacial score (nSPS) is 20.9. The van der Waals surface area contributed by atoms with E-state index in [4.69, 9.17) is 0 Å². The maximum absolute atomic E-state index is 12.8. The predicted octanol–water partition coefficient (Wildman–Crippen LogP) is 4.51. The lowest BCUT2D eigenvalue weighted by molar-refractivity contribution is -0.126. The van der Waals surface area contributed by atoms with E-state index in [-0.39, 0.29) is 11.8 Å². The summed E-state index contributed by atoms with van der Waals surface area (Å²) < 4.78 is 0. The molecule has 1 N–H and O–H groups in total. The van der Waals surface area contributed by atoms with Gasteiger partial charge in [0.1, 0.15) is 0 Å². The number of amides is 1. The molecule has 1 aromatic carbocycles. The van der Waals surface area contributed by atoms with Gasteiger partial charge in [0.25, 0.3) is 0 Å². The Balaban J connectivity index is 1.37. The molecule has 0 spiro atoms. The molecule has 2 aromatic rings. The minimum Gasteiger partial charge on any atom is -0.353 e. The number of anilines is 1. The second-order valence-corrected chi connectivity index (χ2v) is 8.62. The van der Waals surface area contributed by atoms with Crippen LogP contribution in [0.2, 0.25) is 0 Å². The fraction of sp³-hybridized carbons (Fsp3) is 0.542. The molecule has 1 saturated heterocycles. The number of rotatable bonds is 4. The van der Waals surface area contributed by atoms with Crippen molar-refractivity contribution in [1.82, 2.24) is 15.3 Å². The largest absolute Gasteiger partial charge is 0.353 e. The van der Waals surface area contributed by atoms with Crippen LogP contribution in [0.1, 0.15) is 56.9 Å². The molecule has 1 saturated carbocycles. The standard InChI is InChI=1S/C24H32N4O/c1-18-10-12-19(13-11-18)21-15-25-24(26-16-21)28-14-6-7-20(17-28)23(29)27-22-8-4-2-3-5-9-22/h10-13,15-16,20,22H,2-9,14,17H2,1H3,(H,27,29). The van der Waals surface area contributed by atoms with E-state index in [9.17, 15) is 4.79 Å². The Morgan fingerprint density at radius 3 is 2.31 bits per heavy atom. The summed E-state index contributed by atoms with van der Waals surface area (Å²) in [4.78, 5) is 24.2. The van der Waals surface area contributed by atoms with Crippen molar-refractivity contribution in [2.45, 2.75) is 64.3 Å². The molecular formula is C24H32N4O. The maximum atomic E-state index is 12.8. The third-order valence-corrected chi connectivity index (χ3v) is 6.30. The van der Waals surface area contributed by atoms with Crippen molar-refractivity contribution in [3.05, 3.63) is 42.2 Å². The van der Waals surface area contributed by atoms with Crippen LogP contribution in [0.3, 0.4) is 0 Å². The van der Waals surface area contributed by atoms with E-state index in [2.05, 4.69) is 51.4 Å². The first-order valence-corrected chi connectivity index (χ1v) is 11.1. The highest BCUT2D eigenvalue weighted by atomic mass is 16.2. The maximum Gasteiger partial charge on any atom is 0.225 e. The summed E-state index contributed by atoms with van der Waals surface area (Å²) in [6.45, 7) is 3.71. The van der Waals surface area contributed by atoms with Gasteiger partial charge in [0.2, 0.25) is 11.9 Å². The van der Waals surface area contributed by atoms with Gasteiger partial charge in [0.15, 0.2) is 0 Å². The summed E-state index contributed by atoms with van der Waals surface area (Å²) in [6.07, 6.45) is 13.1. The average molecular weight is 393 g/mol. The first-order valence-electron chi connectivity index (χ1n) is 11.1. The molecule has 1 atom stereocenters. The molecule has 2 aliphatic rings. The number of nitrogens with one attached hydrogen (secondary N) is 1. The molecule has 4 rings (SSSR count). The molecule has 5 heteroatoms. The van der Waals surface area contributed by atoms with Crippen LogP contribution in [0.15, 0.2) is 36.7 Å². The summed E-state index contributed by atoms with van der Waals surface area (Å²) in [7, 11) is 0. The van der Waals surface area contributed by atoms with Crippen molar-refractivity contribution in [3.63, 3.8) is 0 Å². The summed E-state index contributed by atoms with van der Waals surface area (Å²) in [6, 6.07) is 8.77. The fourth-order valence-corrected chi connectivity index (χ4v) is 4.50. The van der Waals surface area contributed by atoms with Crippen LogP contribution in [0.25, 0.3) is 11.1 Å². The number of nitrogens with zero attached hydrogens (tertiary/aromatic N) is 3. The Labute approximate surface area is 173 Å². The number of hydrogen-bond donors (Lipinski definition) is 1. The first-order chi connectivity index (χ1) is 14.2. The number of piperidine rings is 1. The van der Waals surface area contributed by atoms with Gasteiger partial charge in [0.05, 0.1) is 5.92 Å². The minimum absolute atomic E-state index is 0.0346. The Bertz CT molecular complexity index is 795.